The Hall–Kier alpha value is -1.81. The van der Waals surface area contributed by atoms with E-state index in [2.05, 4.69) is 96.1 Å². The van der Waals surface area contributed by atoms with E-state index in [1.165, 1.54) is 16.7 Å². The topological polar surface area (TPSA) is 0 Å². The first kappa shape index (κ1) is 23.8. The molecule has 3 aromatic carbocycles. The van der Waals surface area contributed by atoms with E-state index >= 15 is 0 Å². The summed E-state index contributed by atoms with van der Waals surface area (Å²) in [4.78, 5) is 0. The molecule has 3 aromatic rings. The van der Waals surface area contributed by atoms with Crippen molar-refractivity contribution in [1.82, 2.24) is 0 Å². The molecule has 0 spiro atoms. The molecule has 0 aliphatic heterocycles. The highest BCUT2D eigenvalue weighted by Crippen LogP contribution is 2.16. The molecule has 0 bridgehead atoms. The van der Waals surface area contributed by atoms with Crippen molar-refractivity contribution in [3.63, 3.8) is 0 Å². The molecule has 0 amide bonds. The second kappa shape index (κ2) is 11.2. The maximum absolute atomic E-state index is 2.46. The largest absolute Gasteiger partial charge is 0.384 e. The average molecular weight is 427 g/mol. The van der Waals surface area contributed by atoms with E-state index in [1.807, 2.05) is 0 Å². The minimum absolute atomic E-state index is 1.11. The van der Waals surface area contributed by atoms with Gasteiger partial charge in [-0.2, -0.15) is 0 Å². The lowest BCUT2D eigenvalue weighted by Crippen LogP contribution is -2.56. The molecule has 0 aliphatic carbocycles. The Labute approximate surface area is 195 Å². The van der Waals surface area contributed by atoms with Crippen LogP contribution in [0, 0.1) is 0 Å². The first-order chi connectivity index (χ1) is 15.1. The smallest absolute Gasteiger partial charge is 0.0952 e. The molecule has 0 nitrogen and oxygen atoms in total. The highest BCUT2D eigenvalue weighted by atomic mass is 27.2. The second-order valence-electron chi connectivity index (χ2n) is 8.51. The maximum Gasteiger partial charge on any atom is 0.384 e. The van der Waals surface area contributed by atoms with Gasteiger partial charge in [0.05, 0.1) is 0 Å². The summed E-state index contributed by atoms with van der Waals surface area (Å²) in [5, 5.41) is 0. The summed E-state index contributed by atoms with van der Waals surface area (Å²) in [5.41, 5.74) is 9.42. The van der Waals surface area contributed by atoms with Crippen LogP contribution in [0.5, 0.6) is 0 Å². The molecule has 0 unspecified atom stereocenters. The predicted molar refractivity (Wildman–Crippen MR) is 140 cm³/mol. The normalized spacial score (nSPS) is 11.0. The van der Waals surface area contributed by atoms with Gasteiger partial charge in [0.2, 0.25) is 0 Å². The molecular formula is C30H39Al. The van der Waals surface area contributed by atoms with Gasteiger partial charge in [-0.25, -0.2) is 0 Å². The van der Waals surface area contributed by atoms with Gasteiger partial charge in [-0.15, -0.1) is 0 Å². The van der Waals surface area contributed by atoms with Crippen molar-refractivity contribution in [3.8, 4) is 0 Å². The molecule has 162 valence electrons. The summed E-state index contributed by atoms with van der Waals surface area (Å²) in [6.07, 6.45) is 6.70. The van der Waals surface area contributed by atoms with E-state index in [9.17, 15) is 0 Å². The van der Waals surface area contributed by atoms with Crippen molar-refractivity contribution in [2.75, 3.05) is 0 Å². The minimum Gasteiger partial charge on any atom is -0.0952 e. The van der Waals surface area contributed by atoms with Crippen molar-refractivity contribution < 1.29 is 0 Å². The fourth-order valence-electron chi connectivity index (χ4n) is 5.56. The van der Waals surface area contributed by atoms with Crippen LogP contribution in [0.25, 0.3) is 0 Å². The molecule has 3 rings (SSSR count). The van der Waals surface area contributed by atoms with Crippen LogP contribution in [0.3, 0.4) is 0 Å². The van der Waals surface area contributed by atoms with Crippen LogP contribution in [0.15, 0.2) is 54.6 Å². The molecule has 0 heterocycles. The van der Waals surface area contributed by atoms with Gasteiger partial charge in [-0.05, 0) is 55.2 Å². The van der Waals surface area contributed by atoms with Crippen LogP contribution in [-0.2, 0) is 38.5 Å². The molecule has 1 heteroatoms. The Morgan fingerprint density at radius 2 is 0.710 bits per heavy atom. The van der Waals surface area contributed by atoms with Gasteiger partial charge < -0.3 is 0 Å². The van der Waals surface area contributed by atoms with Crippen molar-refractivity contribution in [2.24, 2.45) is 0 Å². The average Bonchev–Trinajstić information content (AvgIpc) is 2.83. The molecule has 0 N–H and O–H groups in total. The lowest BCUT2D eigenvalue weighted by atomic mass is 10.0. The van der Waals surface area contributed by atoms with Crippen LogP contribution in [0.2, 0.25) is 0 Å². The first-order valence-electron chi connectivity index (χ1n) is 12.5. The summed E-state index contributed by atoms with van der Waals surface area (Å²) in [6.45, 7) is 13.9. The Morgan fingerprint density at radius 1 is 0.419 bits per heavy atom. The molecule has 0 atom stereocenters. The van der Waals surface area contributed by atoms with Gasteiger partial charge in [0.1, 0.15) is 0 Å². The first-order valence-corrected chi connectivity index (χ1v) is 14.2. The van der Waals surface area contributed by atoms with Crippen molar-refractivity contribution in [2.45, 2.75) is 80.1 Å². The zero-order valence-corrected chi connectivity index (χ0v) is 21.7. The molecule has 0 fully saturated rings. The lowest BCUT2D eigenvalue weighted by Gasteiger charge is -2.25. The van der Waals surface area contributed by atoms with Crippen LogP contribution in [-0.4, -0.2) is 14.1 Å². The minimum atomic E-state index is -1.61. The number of benzene rings is 3. The van der Waals surface area contributed by atoms with E-state index in [0.717, 1.165) is 38.5 Å². The van der Waals surface area contributed by atoms with Crippen LogP contribution in [0.1, 0.15) is 74.9 Å². The summed E-state index contributed by atoms with van der Waals surface area (Å²) in [6, 6.07) is 21.4. The Kier molecular flexibility index (Phi) is 8.60. The Morgan fingerprint density at radius 3 is 0.935 bits per heavy atom. The fourth-order valence-corrected chi connectivity index (χ4v) is 9.69. The molecule has 31 heavy (non-hydrogen) atoms. The van der Waals surface area contributed by atoms with Gasteiger partial charge >= 0.3 is 14.1 Å². The van der Waals surface area contributed by atoms with Crippen LogP contribution >= 0.6 is 0 Å². The molecule has 0 saturated carbocycles. The number of rotatable bonds is 9. The third-order valence-electron chi connectivity index (χ3n) is 7.06. The molecule has 0 radical (unpaired) electrons. The van der Waals surface area contributed by atoms with Gasteiger partial charge in [0, 0.05) is 0 Å². The molecule has 0 aromatic heterocycles. The lowest BCUT2D eigenvalue weighted by molar-refractivity contribution is 1.04. The fraction of sp³-hybridized carbons (Fsp3) is 0.400. The Balaban J connectivity index is 2.41. The van der Waals surface area contributed by atoms with Gasteiger partial charge in [-0.1, -0.05) is 126 Å². The van der Waals surface area contributed by atoms with Crippen molar-refractivity contribution in [3.05, 3.63) is 88.0 Å². The van der Waals surface area contributed by atoms with E-state index < -0.39 is 14.1 Å². The number of hydrogen-bond donors (Lipinski definition) is 0. The van der Waals surface area contributed by atoms with Crippen molar-refractivity contribution >= 4 is 27.4 Å². The monoisotopic (exact) mass is 426 g/mol. The maximum atomic E-state index is 2.46. The SMILES string of the molecule is CCc1ccc[c]([Al]([c]2cccc(CC)c2CC)[c]2cccc(CC)c2CC)c1CC. The third kappa shape index (κ3) is 4.69. The Bertz CT molecular complexity index is 883. The standard InChI is InChI=1S/3C10H13.Al/c3*1-3-9-7-5-6-8-10(9)4-2;/h3*5-7H,3-4H2,1-2H3;. The summed E-state index contributed by atoms with van der Waals surface area (Å²) in [7, 11) is 0. The van der Waals surface area contributed by atoms with Crippen LogP contribution in [0.4, 0.5) is 0 Å². The molecular weight excluding hydrogens is 387 g/mol. The second-order valence-corrected chi connectivity index (χ2v) is 11.2. The zero-order chi connectivity index (χ0) is 22.4. The highest BCUT2D eigenvalue weighted by molar-refractivity contribution is 6.96. The van der Waals surface area contributed by atoms with Crippen LogP contribution < -0.4 is 13.3 Å². The highest BCUT2D eigenvalue weighted by Gasteiger charge is 2.32. The van der Waals surface area contributed by atoms with Gasteiger partial charge in [-0.3, -0.25) is 0 Å². The van der Waals surface area contributed by atoms with E-state index in [0.29, 0.717) is 0 Å². The van der Waals surface area contributed by atoms with E-state index in [4.69, 9.17) is 0 Å². The van der Waals surface area contributed by atoms with Gasteiger partial charge in [0.15, 0.2) is 0 Å². The molecule has 0 saturated heterocycles. The zero-order valence-electron chi connectivity index (χ0n) is 20.5. The van der Waals surface area contributed by atoms with E-state index in [-0.39, 0.29) is 0 Å². The van der Waals surface area contributed by atoms with Gasteiger partial charge in [0.25, 0.3) is 0 Å². The summed E-state index contributed by atoms with van der Waals surface area (Å²) < 4.78 is 4.94. The van der Waals surface area contributed by atoms with Crippen molar-refractivity contribution in [1.29, 1.82) is 0 Å². The quantitative estimate of drug-likeness (QED) is 0.392. The van der Waals surface area contributed by atoms with E-state index in [1.54, 1.807) is 30.0 Å². The molecule has 0 aliphatic rings. The number of hydrogen-bond acceptors (Lipinski definition) is 0. The predicted octanol–water partition coefficient (Wildman–Crippen LogP) is 5.58. The number of aryl methyl sites for hydroxylation is 3. The summed E-state index contributed by atoms with van der Waals surface area (Å²) >= 11 is -1.61. The third-order valence-corrected chi connectivity index (χ3v) is 10.6. The summed E-state index contributed by atoms with van der Waals surface area (Å²) in [5.74, 6) is 0.